The second kappa shape index (κ2) is 4.95. The second-order valence-corrected chi connectivity index (χ2v) is 3.46. The van der Waals surface area contributed by atoms with E-state index < -0.39 is 0 Å². The minimum atomic E-state index is -0.214. The van der Waals surface area contributed by atoms with E-state index in [4.69, 9.17) is 0 Å². The highest BCUT2D eigenvalue weighted by Crippen LogP contribution is 2.17. The molecule has 0 aliphatic carbocycles. The molecule has 0 aromatic carbocycles. The van der Waals surface area contributed by atoms with E-state index in [1.54, 1.807) is 7.05 Å². The van der Waals surface area contributed by atoms with Crippen LogP contribution in [0.5, 0.6) is 0 Å². The number of esters is 1. The molecule has 0 spiro atoms. The molecule has 1 heterocycles. The van der Waals surface area contributed by atoms with Crippen LogP contribution in [0.1, 0.15) is 12.8 Å². The summed E-state index contributed by atoms with van der Waals surface area (Å²) in [6.07, 6.45) is 1.09. The lowest BCUT2D eigenvalue weighted by atomic mass is 10.0. The molecule has 2 unspecified atom stereocenters. The number of nitrogens with one attached hydrogen (secondary N) is 2. The summed E-state index contributed by atoms with van der Waals surface area (Å²) in [6, 6.07) is -0.158. The normalized spacial score (nSPS) is 25.9. The third-order valence-corrected chi connectivity index (χ3v) is 2.47. The Hall–Kier alpha value is -1.10. The SMILES string of the molecule is CNC(=O)C1CC(CC(=O)OC)CN1. The minimum Gasteiger partial charge on any atom is -0.469 e. The summed E-state index contributed by atoms with van der Waals surface area (Å²) in [7, 11) is 2.98. The van der Waals surface area contributed by atoms with E-state index in [0.29, 0.717) is 19.4 Å². The van der Waals surface area contributed by atoms with Gasteiger partial charge >= 0.3 is 5.97 Å². The van der Waals surface area contributed by atoms with Crippen molar-refractivity contribution in [3.05, 3.63) is 0 Å². The van der Waals surface area contributed by atoms with Crippen molar-refractivity contribution in [3.63, 3.8) is 0 Å². The molecule has 1 aliphatic rings. The fourth-order valence-electron chi connectivity index (χ4n) is 1.66. The van der Waals surface area contributed by atoms with Crippen LogP contribution in [0.3, 0.4) is 0 Å². The van der Waals surface area contributed by atoms with E-state index in [-0.39, 0.29) is 23.8 Å². The number of carbonyl (C=O) groups is 2. The average molecular weight is 200 g/mol. The van der Waals surface area contributed by atoms with Crippen molar-refractivity contribution in [3.8, 4) is 0 Å². The molecule has 0 radical (unpaired) electrons. The van der Waals surface area contributed by atoms with E-state index in [1.807, 2.05) is 0 Å². The molecule has 80 valence electrons. The summed E-state index contributed by atoms with van der Waals surface area (Å²) in [5.74, 6) is -0.0172. The van der Waals surface area contributed by atoms with Gasteiger partial charge in [-0.05, 0) is 18.9 Å². The Morgan fingerprint density at radius 1 is 1.57 bits per heavy atom. The number of methoxy groups -OCH3 is 1. The molecular weight excluding hydrogens is 184 g/mol. The van der Waals surface area contributed by atoms with E-state index in [1.165, 1.54) is 7.11 Å². The molecule has 1 amide bonds. The van der Waals surface area contributed by atoms with Gasteiger partial charge in [-0.2, -0.15) is 0 Å². The van der Waals surface area contributed by atoms with Gasteiger partial charge in [0.1, 0.15) is 0 Å². The van der Waals surface area contributed by atoms with Gasteiger partial charge in [0.2, 0.25) is 5.91 Å². The highest BCUT2D eigenvalue weighted by atomic mass is 16.5. The van der Waals surface area contributed by atoms with Crippen LogP contribution in [0, 0.1) is 5.92 Å². The second-order valence-electron chi connectivity index (χ2n) is 3.46. The Morgan fingerprint density at radius 2 is 2.29 bits per heavy atom. The van der Waals surface area contributed by atoms with Crippen molar-refractivity contribution in [1.82, 2.24) is 10.6 Å². The molecule has 5 heteroatoms. The first-order valence-corrected chi connectivity index (χ1v) is 4.69. The number of amides is 1. The summed E-state index contributed by atoms with van der Waals surface area (Å²) in [5.41, 5.74) is 0. The number of carbonyl (C=O) groups excluding carboxylic acids is 2. The minimum absolute atomic E-state index is 0.0163. The maximum atomic E-state index is 11.2. The van der Waals surface area contributed by atoms with E-state index in [9.17, 15) is 9.59 Å². The Kier molecular flexibility index (Phi) is 3.88. The standard InChI is InChI=1S/C9H16N2O3/c1-10-9(13)7-3-6(5-11-7)4-8(12)14-2/h6-7,11H,3-5H2,1-2H3,(H,10,13). The average Bonchev–Trinajstić information content (AvgIpc) is 2.65. The predicted molar refractivity (Wildman–Crippen MR) is 50.6 cm³/mol. The Bertz CT molecular complexity index is 230. The molecule has 2 N–H and O–H groups in total. The summed E-state index contributed by atoms with van der Waals surface area (Å²) < 4.78 is 4.57. The van der Waals surface area contributed by atoms with Crippen LogP contribution in [0.25, 0.3) is 0 Å². The highest BCUT2D eigenvalue weighted by Gasteiger charge is 2.30. The Balaban J connectivity index is 2.34. The Morgan fingerprint density at radius 3 is 2.86 bits per heavy atom. The highest BCUT2D eigenvalue weighted by molar-refractivity contribution is 5.82. The molecule has 0 aromatic rings. The molecule has 2 atom stereocenters. The molecule has 0 bridgehead atoms. The Labute approximate surface area is 83.2 Å². The van der Waals surface area contributed by atoms with Crippen molar-refractivity contribution < 1.29 is 14.3 Å². The van der Waals surface area contributed by atoms with Crippen LogP contribution < -0.4 is 10.6 Å². The van der Waals surface area contributed by atoms with Crippen molar-refractivity contribution in [2.45, 2.75) is 18.9 Å². The van der Waals surface area contributed by atoms with Gasteiger partial charge in [0.25, 0.3) is 0 Å². The smallest absolute Gasteiger partial charge is 0.305 e. The van der Waals surface area contributed by atoms with Crippen molar-refractivity contribution in [2.24, 2.45) is 5.92 Å². The topological polar surface area (TPSA) is 67.4 Å². The number of likely N-dealkylation sites (N-methyl/N-ethyl adjacent to an activating group) is 1. The summed E-state index contributed by atoms with van der Waals surface area (Å²) >= 11 is 0. The maximum absolute atomic E-state index is 11.2. The van der Waals surface area contributed by atoms with Crippen molar-refractivity contribution in [1.29, 1.82) is 0 Å². The van der Waals surface area contributed by atoms with Gasteiger partial charge in [0, 0.05) is 13.5 Å². The fraction of sp³-hybridized carbons (Fsp3) is 0.778. The van der Waals surface area contributed by atoms with Gasteiger partial charge < -0.3 is 15.4 Å². The van der Waals surface area contributed by atoms with E-state index >= 15 is 0 Å². The molecule has 1 fully saturated rings. The third kappa shape index (κ3) is 2.70. The van der Waals surface area contributed by atoms with Crippen LogP contribution in [0.4, 0.5) is 0 Å². The molecule has 1 aliphatic heterocycles. The predicted octanol–water partition coefficient (Wildman–Crippen LogP) is -0.726. The molecule has 1 saturated heterocycles. The van der Waals surface area contributed by atoms with Crippen LogP contribution in [-0.4, -0.2) is 38.6 Å². The zero-order valence-corrected chi connectivity index (χ0v) is 8.50. The van der Waals surface area contributed by atoms with Crippen LogP contribution in [-0.2, 0) is 14.3 Å². The van der Waals surface area contributed by atoms with Crippen molar-refractivity contribution in [2.75, 3.05) is 20.7 Å². The largest absolute Gasteiger partial charge is 0.469 e. The van der Waals surface area contributed by atoms with Crippen LogP contribution in [0.2, 0.25) is 0 Å². The summed E-state index contributed by atoms with van der Waals surface area (Å²) in [4.78, 5) is 22.2. The van der Waals surface area contributed by atoms with Gasteiger partial charge in [-0.3, -0.25) is 9.59 Å². The van der Waals surface area contributed by atoms with E-state index in [0.717, 1.165) is 0 Å². The van der Waals surface area contributed by atoms with Gasteiger partial charge in [0.05, 0.1) is 13.2 Å². The first-order chi connectivity index (χ1) is 6.67. The first kappa shape index (κ1) is 11.0. The van der Waals surface area contributed by atoms with Crippen molar-refractivity contribution >= 4 is 11.9 Å². The number of rotatable bonds is 3. The molecular formula is C9H16N2O3. The fourth-order valence-corrected chi connectivity index (χ4v) is 1.66. The molecule has 5 nitrogen and oxygen atoms in total. The number of ether oxygens (including phenoxy) is 1. The lowest BCUT2D eigenvalue weighted by Gasteiger charge is -2.08. The number of hydrogen-bond donors (Lipinski definition) is 2. The molecule has 1 rings (SSSR count). The van der Waals surface area contributed by atoms with Gasteiger partial charge in [-0.25, -0.2) is 0 Å². The first-order valence-electron chi connectivity index (χ1n) is 4.69. The zero-order valence-electron chi connectivity index (χ0n) is 8.50. The van der Waals surface area contributed by atoms with Gasteiger partial charge in [-0.15, -0.1) is 0 Å². The van der Waals surface area contributed by atoms with Gasteiger partial charge in [0.15, 0.2) is 0 Å². The maximum Gasteiger partial charge on any atom is 0.305 e. The number of hydrogen-bond acceptors (Lipinski definition) is 4. The van der Waals surface area contributed by atoms with Crippen LogP contribution >= 0.6 is 0 Å². The molecule has 14 heavy (non-hydrogen) atoms. The lowest BCUT2D eigenvalue weighted by Crippen LogP contribution is -2.38. The third-order valence-electron chi connectivity index (χ3n) is 2.47. The molecule has 0 aromatic heterocycles. The summed E-state index contributed by atoms with van der Waals surface area (Å²) in [5, 5.41) is 5.64. The lowest BCUT2D eigenvalue weighted by molar-refractivity contribution is -0.141. The van der Waals surface area contributed by atoms with Gasteiger partial charge in [-0.1, -0.05) is 0 Å². The monoisotopic (exact) mass is 200 g/mol. The van der Waals surface area contributed by atoms with E-state index in [2.05, 4.69) is 15.4 Å². The summed E-state index contributed by atoms with van der Waals surface area (Å²) in [6.45, 7) is 0.702. The molecule has 0 saturated carbocycles. The van der Waals surface area contributed by atoms with Crippen LogP contribution in [0.15, 0.2) is 0 Å². The quantitative estimate of drug-likeness (QED) is 0.590. The zero-order chi connectivity index (χ0) is 10.6.